The van der Waals surface area contributed by atoms with Gasteiger partial charge in [0.25, 0.3) is 0 Å². The number of hydrogen-bond donors (Lipinski definition) is 3. The summed E-state index contributed by atoms with van der Waals surface area (Å²) in [4.78, 5) is 21.9. The largest absolute Gasteiger partial charge is 0.481 e. The standard InChI is InChI=1S/C12H13N3O3/c13-6-5-8-1-3-9(4-2-8)15-12(18)10(14)7-11(16)17/h1-4,10H,5,7,14H2,(H,15,18)(H,16,17). The van der Waals surface area contributed by atoms with E-state index >= 15 is 0 Å². The number of nitriles is 1. The van der Waals surface area contributed by atoms with Gasteiger partial charge in [-0.1, -0.05) is 12.1 Å². The summed E-state index contributed by atoms with van der Waals surface area (Å²) in [6.45, 7) is 0. The predicted octanol–water partition coefficient (Wildman–Crippen LogP) is 0.493. The van der Waals surface area contributed by atoms with E-state index in [9.17, 15) is 9.59 Å². The first-order valence-electron chi connectivity index (χ1n) is 5.27. The number of anilines is 1. The van der Waals surface area contributed by atoms with Crippen LogP contribution in [0.15, 0.2) is 24.3 Å². The highest BCUT2D eigenvalue weighted by Gasteiger charge is 2.16. The molecule has 0 saturated carbocycles. The molecule has 4 N–H and O–H groups in total. The van der Waals surface area contributed by atoms with Gasteiger partial charge in [0, 0.05) is 5.69 Å². The molecule has 6 nitrogen and oxygen atoms in total. The molecule has 0 fully saturated rings. The Bertz CT molecular complexity index is 476. The van der Waals surface area contributed by atoms with Crippen molar-refractivity contribution >= 4 is 17.6 Å². The average molecular weight is 247 g/mol. The fourth-order valence-electron chi connectivity index (χ4n) is 1.31. The van der Waals surface area contributed by atoms with Gasteiger partial charge in [0.2, 0.25) is 5.91 Å². The summed E-state index contributed by atoms with van der Waals surface area (Å²) >= 11 is 0. The molecule has 0 spiro atoms. The first-order chi connectivity index (χ1) is 8.52. The van der Waals surface area contributed by atoms with E-state index in [0.29, 0.717) is 12.1 Å². The molecule has 1 amide bonds. The summed E-state index contributed by atoms with van der Waals surface area (Å²) in [6, 6.07) is 7.62. The molecule has 0 aliphatic heterocycles. The Balaban J connectivity index is 2.59. The van der Waals surface area contributed by atoms with Crippen molar-refractivity contribution in [2.24, 2.45) is 5.73 Å². The number of carbonyl (C=O) groups is 2. The van der Waals surface area contributed by atoms with Crippen molar-refractivity contribution in [3.8, 4) is 6.07 Å². The lowest BCUT2D eigenvalue weighted by molar-refractivity contribution is -0.138. The molecule has 0 heterocycles. The number of hydrogen-bond acceptors (Lipinski definition) is 4. The highest BCUT2D eigenvalue weighted by atomic mass is 16.4. The lowest BCUT2D eigenvalue weighted by atomic mass is 10.1. The molecular weight excluding hydrogens is 234 g/mol. The topological polar surface area (TPSA) is 116 Å². The predicted molar refractivity (Wildman–Crippen MR) is 64.6 cm³/mol. The van der Waals surface area contributed by atoms with Crippen LogP contribution in [0.25, 0.3) is 0 Å². The number of nitrogens with one attached hydrogen (secondary N) is 1. The first kappa shape index (κ1) is 13.7. The number of benzene rings is 1. The van der Waals surface area contributed by atoms with E-state index in [-0.39, 0.29) is 0 Å². The summed E-state index contributed by atoms with van der Waals surface area (Å²) in [5, 5.41) is 19.5. The van der Waals surface area contributed by atoms with Crippen LogP contribution in [-0.4, -0.2) is 23.0 Å². The molecule has 0 aliphatic carbocycles. The molecular formula is C12H13N3O3. The van der Waals surface area contributed by atoms with Gasteiger partial charge in [0.1, 0.15) is 0 Å². The molecule has 0 bridgehead atoms. The van der Waals surface area contributed by atoms with E-state index in [1.54, 1.807) is 24.3 Å². The van der Waals surface area contributed by atoms with Crippen LogP contribution in [0.2, 0.25) is 0 Å². The zero-order chi connectivity index (χ0) is 13.5. The summed E-state index contributed by atoms with van der Waals surface area (Å²) in [5.41, 5.74) is 6.76. The van der Waals surface area contributed by atoms with E-state index in [1.807, 2.05) is 6.07 Å². The Kier molecular flexibility index (Phi) is 4.84. The van der Waals surface area contributed by atoms with Crippen molar-refractivity contribution in [2.45, 2.75) is 18.9 Å². The molecule has 0 radical (unpaired) electrons. The summed E-state index contributed by atoms with van der Waals surface area (Å²) in [7, 11) is 0. The first-order valence-corrected chi connectivity index (χ1v) is 5.27. The highest BCUT2D eigenvalue weighted by Crippen LogP contribution is 2.10. The van der Waals surface area contributed by atoms with E-state index in [2.05, 4.69) is 5.32 Å². The van der Waals surface area contributed by atoms with Crippen LogP contribution in [0.4, 0.5) is 5.69 Å². The molecule has 0 aliphatic rings. The minimum Gasteiger partial charge on any atom is -0.481 e. The quantitative estimate of drug-likeness (QED) is 0.700. The summed E-state index contributed by atoms with van der Waals surface area (Å²) in [6.07, 6.45) is -0.120. The number of carboxylic acid groups (broad SMARTS) is 1. The average Bonchev–Trinajstić information content (AvgIpc) is 2.31. The van der Waals surface area contributed by atoms with Gasteiger partial charge >= 0.3 is 5.97 Å². The Morgan fingerprint density at radius 1 is 1.39 bits per heavy atom. The van der Waals surface area contributed by atoms with Gasteiger partial charge in [-0.25, -0.2) is 0 Å². The molecule has 0 aromatic heterocycles. The van der Waals surface area contributed by atoms with E-state index in [0.717, 1.165) is 5.56 Å². The number of nitrogens with two attached hydrogens (primary N) is 1. The SMILES string of the molecule is N#CCc1ccc(NC(=O)C(N)CC(=O)O)cc1. The van der Waals surface area contributed by atoms with E-state index in [4.69, 9.17) is 16.1 Å². The second-order valence-electron chi connectivity index (χ2n) is 3.73. The monoisotopic (exact) mass is 247 g/mol. The lowest BCUT2D eigenvalue weighted by Crippen LogP contribution is -2.37. The Labute approximate surface area is 104 Å². The smallest absolute Gasteiger partial charge is 0.305 e. The zero-order valence-electron chi connectivity index (χ0n) is 9.59. The number of aliphatic carboxylic acids is 1. The highest BCUT2D eigenvalue weighted by molar-refractivity contribution is 5.96. The zero-order valence-corrected chi connectivity index (χ0v) is 9.59. The van der Waals surface area contributed by atoms with Gasteiger partial charge in [0.15, 0.2) is 0 Å². The number of nitrogens with zero attached hydrogens (tertiary/aromatic N) is 1. The number of rotatable bonds is 5. The molecule has 1 aromatic rings. The van der Waals surface area contributed by atoms with Crippen LogP contribution in [0, 0.1) is 11.3 Å². The van der Waals surface area contributed by atoms with Crippen molar-refractivity contribution in [2.75, 3.05) is 5.32 Å². The third kappa shape index (κ3) is 4.23. The molecule has 1 aromatic carbocycles. The molecule has 1 rings (SSSR count). The maximum absolute atomic E-state index is 11.5. The molecule has 1 atom stereocenters. The van der Waals surface area contributed by atoms with Crippen LogP contribution in [0.5, 0.6) is 0 Å². The second-order valence-corrected chi connectivity index (χ2v) is 3.73. The maximum atomic E-state index is 11.5. The lowest BCUT2D eigenvalue weighted by Gasteiger charge is -2.10. The van der Waals surface area contributed by atoms with Gasteiger partial charge in [0.05, 0.1) is 25.0 Å². The van der Waals surface area contributed by atoms with Crippen LogP contribution >= 0.6 is 0 Å². The number of amides is 1. The molecule has 18 heavy (non-hydrogen) atoms. The van der Waals surface area contributed by atoms with Crippen molar-refractivity contribution in [3.63, 3.8) is 0 Å². The minimum absolute atomic E-state index is 0.298. The van der Waals surface area contributed by atoms with Gasteiger partial charge < -0.3 is 16.2 Å². The fraction of sp³-hybridized carbons (Fsp3) is 0.250. The van der Waals surface area contributed by atoms with Crippen LogP contribution in [0.3, 0.4) is 0 Å². The maximum Gasteiger partial charge on any atom is 0.305 e. The van der Waals surface area contributed by atoms with E-state index < -0.39 is 24.3 Å². The molecule has 94 valence electrons. The van der Waals surface area contributed by atoms with Gasteiger partial charge in [-0.2, -0.15) is 5.26 Å². The second kappa shape index (κ2) is 6.37. The van der Waals surface area contributed by atoms with Crippen LogP contribution in [0.1, 0.15) is 12.0 Å². The molecule has 0 saturated heterocycles. The fourth-order valence-corrected chi connectivity index (χ4v) is 1.31. The normalized spacial score (nSPS) is 11.3. The Morgan fingerprint density at radius 2 is 2.00 bits per heavy atom. The van der Waals surface area contributed by atoms with E-state index in [1.165, 1.54) is 0 Å². The number of carboxylic acids is 1. The Hall–Kier alpha value is -2.39. The number of carbonyl (C=O) groups excluding carboxylic acids is 1. The van der Waals surface area contributed by atoms with Crippen LogP contribution in [-0.2, 0) is 16.0 Å². The summed E-state index contributed by atoms with van der Waals surface area (Å²) in [5.74, 6) is -1.67. The van der Waals surface area contributed by atoms with Gasteiger partial charge in [-0.05, 0) is 17.7 Å². The Morgan fingerprint density at radius 3 is 2.50 bits per heavy atom. The van der Waals surface area contributed by atoms with Gasteiger partial charge in [-0.15, -0.1) is 0 Å². The third-order valence-corrected chi connectivity index (χ3v) is 2.24. The minimum atomic E-state index is -1.12. The van der Waals surface area contributed by atoms with Crippen molar-refractivity contribution < 1.29 is 14.7 Å². The molecule has 1 unspecified atom stereocenters. The van der Waals surface area contributed by atoms with Gasteiger partial charge in [-0.3, -0.25) is 9.59 Å². The third-order valence-electron chi connectivity index (χ3n) is 2.24. The van der Waals surface area contributed by atoms with Crippen molar-refractivity contribution in [1.29, 1.82) is 5.26 Å². The van der Waals surface area contributed by atoms with Crippen molar-refractivity contribution in [3.05, 3.63) is 29.8 Å². The molecule has 6 heteroatoms. The van der Waals surface area contributed by atoms with Crippen LogP contribution < -0.4 is 11.1 Å². The van der Waals surface area contributed by atoms with Crippen molar-refractivity contribution in [1.82, 2.24) is 0 Å². The summed E-state index contributed by atoms with van der Waals surface area (Å²) < 4.78 is 0.